The average molecular weight is 292 g/mol. The molecule has 0 aromatic heterocycles. The Hall–Kier alpha value is -1.46. The van der Waals surface area contributed by atoms with Crippen LogP contribution in [0.25, 0.3) is 0 Å². The van der Waals surface area contributed by atoms with Gasteiger partial charge in [0.2, 0.25) is 12.5 Å². The monoisotopic (exact) mass is 292 g/mol. The fourth-order valence-electron chi connectivity index (χ4n) is 3.07. The number of fused-ring (bicyclic) bond motifs is 1. The van der Waals surface area contributed by atoms with Gasteiger partial charge in [0.1, 0.15) is 0 Å². The molecule has 0 saturated carbocycles. The summed E-state index contributed by atoms with van der Waals surface area (Å²) >= 11 is 0. The van der Waals surface area contributed by atoms with Gasteiger partial charge in [-0.25, -0.2) is 0 Å². The lowest BCUT2D eigenvalue weighted by Gasteiger charge is -2.14. The summed E-state index contributed by atoms with van der Waals surface area (Å²) < 4.78 is 16.2. The summed E-state index contributed by atoms with van der Waals surface area (Å²) in [5, 5.41) is 3.55. The number of likely N-dealkylation sites (tertiary alicyclic amines) is 1. The van der Waals surface area contributed by atoms with Crippen molar-refractivity contribution in [1.82, 2.24) is 10.2 Å². The van der Waals surface area contributed by atoms with Gasteiger partial charge < -0.3 is 24.4 Å². The highest BCUT2D eigenvalue weighted by atomic mass is 16.7. The molecule has 0 amide bonds. The molecule has 3 rings (SSSR count). The van der Waals surface area contributed by atoms with Crippen molar-refractivity contribution in [3.05, 3.63) is 17.7 Å². The van der Waals surface area contributed by atoms with E-state index in [0.717, 1.165) is 42.8 Å². The lowest BCUT2D eigenvalue weighted by Crippen LogP contribution is -2.26. The Balaban J connectivity index is 1.54. The van der Waals surface area contributed by atoms with E-state index in [0.29, 0.717) is 0 Å². The third-order valence-electron chi connectivity index (χ3n) is 4.30. The Morgan fingerprint density at radius 1 is 1.38 bits per heavy atom. The second kappa shape index (κ2) is 6.54. The molecule has 116 valence electrons. The molecular formula is C16H24N2O3. The molecule has 21 heavy (non-hydrogen) atoms. The van der Waals surface area contributed by atoms with E-state index in [1.165, 1.54) is 25.1 Å². The molecule has 0 bridgehead atoms. The van der Waals surface area contributed by atoms with E-state index in [2.05, 4.69) is 17.1 Å². The minimum Gasteiger partial charge on any atom is -0.493 e. The maximum absolute atomic E-state index is 5.45. The van der Waals surface area contributed by atoms with Gasteiger partial charge in [0.05, 0.1) is 7.11 Å². The molecule has 2 aliphatic rings. The normalized spacial score (nSPS) is 21.0. The summed E-state index contributed by atoms with van der Waals surface area (Å²) in [4.78, 5) is 2.51. The molecule has 1 atom stereocenters. The fourth-order valence-corrected chi connectivity index (χ4v) is 3.07. The fraction of sp³-hybridized carbons (Fsp3) is 0.625. The highest BCUT2D eigenvalue weighted by molar-refractivity contribution is 5.55. The van der Waals surface area contributed by atoms with E-state index >= 15 is 0 Å². The van der Waals surface area contributed by atoms with Crippen LogP contribution in [0, 0.1) is 5.92 Å². The van der Waals surface area contributed by atoms with Crippen LogP contribution in [0.1, 0.15) is 18.9 Å². The maximum Gasteiger partial charge on any atom is 0.231 e. The molecule has 5 heteroatoms. The topological polar surface area (TPSA) is 43.0 Å². The van der Waals surface area contributed by atoms with Crippen molar-refractivity contribution in [3.8, 4) is 17.2 Å². The standard InChI is InChI=1S/C16H24N2O3/c1-3-18-5-4-12(10-18)8-17-9-13-6-14(19-2)16-15(7-13)20-11-21-16/h6-7,12,17H,3-5,8-11H2,1-2H3. The van der Waals surface area contributed by atoms with E-state index < -0.39 is 0 Å². The Morgan fingerprint density at radius 2 is 2.29 bits per heavy atom. The summed E-state index contributed by atoms with van der Waals surface area (Å²) in [5.74, 6) is 3.01. The highest BCUT2D eigenvalue weighted by Crippen LogP contribution is 2.41. The zero-order valence-electron chi connectivity index (χ0n) is 12.9. The molecule has 1 saturated heterocycles. The summed E-state index contributed by atoms with van der Waals surface area (Å²) in [6.45, 7) is 8.01. The predicted octanol–water partition coefficient (Wildman–Crippen LogP) is 1.86. The zero-order valence-corrected chi connectivity index (χ0v) is 12.9. The van der Waals surface area contributed by atoms with Crippen molar-refractivity contribution in [2.75, 3.05) is 40.1 Å². The summed E-state index contributed by atoms with van der Waals surface area (Å²) in [6, 6.07) is 4.05. The minimum absolute atomic E-state index is 0.275. The first kappa shape index (κ1) is 14.5. The first-order valence-corrected chi connectivity index (χ1v) is 7.69. The SMILES string of the molecule is CCN1CCC(CNCc2cc(OC)c3c(c2)OCO3)C1. The molecule has 1 unspecified atom stereocenters. The van der Waals surface area contributed by atoms with Crippen molar-refractivity contribution in [3.63, 3.8) is 0 Å². The van der Waals surface area contributed by atoms with Crippen molar-refractivity contribution in [2.24, 2.45) is 5.92 Å². The lowest BCUT2D eigenvalue weighted by molar-refractivity contribution is 0.171. The maximum atomic E-state index is 5.45. The average Bonchev–Trinajstić information content (AvgIpc) is 3.14. The van der Waals surface area contributed by atoms with Gasteiger partial charge in [-0.3, -0.25) is 0 Å². The van der Waals surface area contributed by atoms with Crippen LogP contribution in [0.2, 0.25) is 0 Å². The van der Waals surface area contributed by atoms with Crippen LogP contribution in [0.15, 0.2) is 12.1 Å². The largest absolute Gasteiger partial charge is 0.493 e. The lowest BCUT2D eigenvalue weighted by atomic mass is 10.1. The Kier molecular flexibility index (Phi) is 4.51. The molecular weight excluding hydrogens is 268 g/mol. The Labute approximate surface area is 126 Å². The Morgan fingerprint density at radius 3 is 3.05 bits per heavy atom. The van der Waals surface area contributed by atoms with Crippen LogP contribution >= 0.6 is 0 Å². The highest BCUT2D eigenvalue weighted by Gasteiger charge is 2.22. The number of nitrogens with zero attached hydrogens (tertiary/aromatic N) is 1. The number of ether oxygens (including phenoxy) is 3. The van der Waals surface area contributed by atoms with E-state index in [1.807, 2.05) is 12.1 Å². The van der Waals surface area contributed by atoms with Crippen LogP contribution in [0.3, 0.4) is 0 Å². The summed E-state index contributed by atoms with van der Waals surface area (Å²) in [5.41, 5.74) is 1.17. The van der Waals surface area contributed by atoms with E-state index in [-0.39, 0.29) is 6.79 Å². The summed E-state index contributed by atoms with van der Waals surface area (Å²) in [6.07, 6.45) is 1.30. The number of benzene rings is 1. The number of hydrogen-bond donors (Lipinski definition) is 1. The molecule has 2 heterocycles. The van der Waals surface area contributed by atoms with Gasteiger partial charge in [0, 0.05) is 13.1 Å². The van der Waals surface area contributed by atoms with Crippen molar-refractivity contribution in [2.45, 2.75) is 19.9 Å². The van der Waals surface area contributed by atoms with Crippen LogP contribution in [-0.4, -0.2) is 45.0 Å². The molecule has 2 aliphatic heterocycles. The molecule has 1 fully saturated rings. The van der Waals surface area contributed by atoms with Crippen molar-refractivity contribution >= 4 is 0 Å². The molecule has 1 aromatic rings. The molecule has 0 radical (unpaired) electrons. The van der Waals surface area contributed by atoms with Crippen molar-refractivity contribution < 1.29 is 14.2 Å². The smallest absolute Gasteiger partial charge is 0.231 e. The first-order chi connectivity index (χ1) is 10.3. The first-order valence-electron chi connectivity index (χ1n) is 7.69. The number of hydrogen-bond acceptors (Lipinski definition) is 5. The number of rotatable bonds is 6. The minimum atomic E-state index is 0.275. The number of nitrogens with one attached hydrogen (secondary N) is 1. The predicted molar refractivity (Wildman–Crippen MR) is 81.0 cm³/mol. The second-order valence-corrected chi connectivity index (χ2v) is 5.71. The molecule has 1 N–H and O–H groups in total. The van der Waals surface area contributed by atoms with Crippen LogP contribution in [0.5, 0.6) is 17.2 Å². The van der Waals surface area contributed by atoms with Crippen LogP contribution in [0.4, 0.5) is 0 Å². The van der Waals surface area contributed by atoms with Gasteiger partial charge in [0.25, 0.3) is 0 Å². The van der Waals surface area contributed by atoms with E-state index in [1.54, 1.807) is 7.11 Å². The second-order valence-electron chi connectivity index (χ2n) is 5.71. The van der Waals surface area contributed by atoms with Gasteiger partial charge in [-0.1, -0.05) is 6.92 Å². The molecule has 1 aromatic carbocycles. The van der Waals surface area contributed by atoms with Gasteiger partial charge in [-0.05, 0) is 49.7 Å². The van der Waals surface area contributed by atoms with Crippen LogP contribution in [-0.2, 0) is 6.54 Å². The number of methoxy groups -OCH3 is 1. The van der Waals surface area contributed by atoms with Crippen LogP contribution < -0.4 is 19.5 Å². The molecule has 0 aliphatic carbocycles. The van der Waals surface area contributed by atoms with Gasteiger partial charge in [-0.2, -0.15) is 0 Å². The molecule has 5 nitrogen and oxygen atoms in total. The van der Waals surface area contributed by atoms with E-state index in [9.17, 15) is 0 Å². The quantitative estimate of drug-likeness (QED) is 0.867. The third-order valence-corrected chi connectivity index (χ3v) is 4.30. The Bertz CT molecular complexity index is 493. The van der Waals surface area contributed by atoms with Crippen molar-refractivity contribution in [1.29, 1.82) is 0 Å². The van der Waals surface area contributed by atoms with Gasteiger partial charge in [0.15, 0.2) is 11.5 Å². The zero-order chi connectivity index (χ0) is 14.7. The summed E-state index contributed by atoms with van der Waals surface area (Å²) in [7, 11) is 1.66. The van der Waals surface area contributed by atoms with Gasteiger partial charge >= 0.3 is 0 Å². The molecule has 0 spiro atoms. The van der Waals surface area contributed by atoms with Gasteiger partial charge in [-0.15, -0.1) is 0 Å². The third kappa shape index (κ3) is 3.24. The van der Waals surface area contributed by atoms with E-state index in [4.69, 9.17) is 14.2 Å².